The molecule has 1 nitrogen and oxygen atoms in total. The fraction of sp³-hybridized carbons (Fsp3) is 0.684. The summed E-state index contributed by atoms with van der Waals surface area (Å²) in [6.07, 6.45) is 12.3. The van der Waals surface area contributed by atoms with Crippen LogP contribution in [0.4, 0.5) is 5.69 Å². The topological polar surface area (TPSA) is 12.0 Å². The van der Waals surface area contributed by atoms with Crippen LogP contribution in [0.5, 0.6) is 0 Å². The maximum absolute atomic E-state index is 3.71. The van der Waals surface area contributed by atoms with Gasteiger partial charge in [0.15, 0.2) is 0 Å². The molecule has 0 heterocycles. The van der Waals surface area contributed by atoms with Crippen LogP contribution in [-0.4, -0.2) is 6.04 Å². The molecular weight excluding hydrogens is 242 g/mol. The molecule has 1 atom stereocenters. The minimum Gasteiger partial charge on any atom is -0.382 e. The van der Waals surface area contributed by atoms with Crippen LogP contribution in [-0.2, 0) is 6.42 Å². The van der Waals surface area contributed by atoms with Gasteiger partial charge in [0, 0.05) is 11.7 Å². The summed E-state index contributed by atoms with van der Waals surface area (Å²) in [4.78, 5) is 0. The second-order valence-electron chi connectivity index (χ2n) is 6.49. The summed E-state index contributed by atoms with van der Waals surface area (Å²) in [6.45, 7) is 4.62. The fourth-order valence-corrected chi connectivity index (χ4v) is 3.36. The number of unbranched alkanes of at least 4 members (excludes halogenated alkanes) is 2. The van der Waals surface area contributed by atoms with Crippen LogP contribution in [0.2, 0.25) is 0 Å². The Bertz CT molecular complexity index is 362. The molecule has 0 aromatic heterocycles. The molecule has 1 aromatic rings. The molecule has 20 heavy (non-hydrogen) atoms. The monoisotopic (exact) mass is 273 g/mol. The molecule has 1 aliphatic rings. The van der Waals surface area contributed by atoms with Gasteiger partial charge in [-0.15, -0.1) is 0 Å². The van der Waals surface area contributed by atoms with E-state index >= 15 is 0 Å². The van der Waals surface area contributed by atoms with E-state index in [2.05, 4.69) is 43.4 Å². The lowest BCUT2D eigenvalue weighted by atomic mass is 9.84. The molecule has 0 bridgehead atoms. The summed E-state index contributed by atoms with van der Waals surface area (Å²) in [5.41, 5.74) is 2.77. The largest absolute Gasteiger partial charge is 0.382 e. The molecule has 1 fully saturated rings. The highest BCUT2D eigenvalue weighted by Crippen LogP contribution is 2.28. The van der Waals surface area contributed by atoms with E-state index in [0.29, 0.717) is 6.04 Å². The molecule has 1 heteroatoms. The maximum Gasteiger partial charge on any atom is 0.0342 e. The lowest BCUT2D eigenvalue weighted by molar-refractivity contribution is 0.328. The Balaban J connectivity index is 1.80. The molecule has 112 valence electrons. The highest BCUT2D eigenvalue weighted by atomic mass is 14.9. The molecule has 0 radical (unpaired) electrons. The van der Waals surface area contributed by atoms with Crippen LogP contribution in [0.15, 0.2) is 24.3 Å². The van der Waals surface area contributed by atoms with Crippen molar-refractivity contribution in [3.05, 3.63) is 29.8 Å². The van der Waals surface area contributed by atoms with Gasteiger partial charge in [0.2, 0.25) is 0 Å². The van der Waals surface area contributed by atoms with E-state index in [1.807, 2.05) is 0 Å². The van der Waals surface area contributed by atoms with Crippen LogP contribution < -0.4 is 5.32 Å². The maximum atomic E-state index is 3.71. The van der Waals surface area contributed by atoms with E-state index < -0.39 is 0 Å². The predicted octanol–water partition coefficient (Wildman–Crippen LogP) is 5.80. The van der Waals surface area contributed by atoms with Crippen LogP contribution in [0.25, 0.3) is 0 Å². The standard InChI is InChI=1S/C19H31N/c1-3-4-6-9-17-12-14-19(15-13-17)20-16(2)18-10-7-5-8-11-18/h12-16,18,20H,3-11H2,1-2H3. The molecule has 0 aliphatic heterocycles. The van der Waals surface area contributed by atoms with Gasteiger partial charge in [0.05, 0.1) is 0 Å². The first kappa shape index (κ1) is 15.4. The summed E-state index contributed by atoms with van der Waals surface area (Å²) in [5, 5.41) is 3.71. The van der Waals surface area contributed by atoms with Crippen molar-refractivity contribution in [2.75, 3.05) is 5.32 Å². The van der Waals surface area contributed by atoms with E-state index in [1.165, 1.54) is 69.0 Å². The third-order valence-electron chi connectivity index (χ3n) is 4.77. The van der Waals surface area contributed by atoms with Gasteiger partial charge >= 0.3 is 0 Å². The number of anilines is 1. The van der Waals surface area contributed by atoms with Gasteiger partial charge in [-0.3, -0.25) is 0 Å². The Morgan fingerprint density at radius 2 is 1.75 bits per heavy atom. The first-order chi connectivity index (χ1) is 9.79. The zero-order chi connectivity index (χ0) is 14.2. The quantitative estimate of drug-likeness (QED) is 0.619. The molecule has 2 rings (SSSR count). The summed E-state index contributed by atoms with van der Waals surface area (Å²) in [5.74, 6) is 0.869. The first-order valence-corrected chi connectivity index (χ1v) is 8.65. The van der Waals surface area contributed by atoms with Crippen LogP contribution in [0, 0.1) is 5.92 Å². The Morgan fingerprint density at radius 3 is 2.40 bits per heavy atom. The molecule has 0 spiro atoms. The third-order valence-corrected chi connectivity index (χ3v) is 4.77. The van der Waals surface area contributed by atoms with Gasteiger partial charge in [-0.05, 0) is 56.2 Å². The van der Waals surface area contributed by atoms with Gasteiger partial charge in [-0.25, -0.2) is 0 Å². The normalized spacial score (nSPS) is 17.9. The van der Waals surface area contributed by atoms with Crippen molar-refractivity contribution in [1.29, 1.82) is 0 Å². The minimum absolute atomic E-state index is 0.612. The molecule has 1 aromatic carbocycles. The third kappa shape index (κ3) is 4.85. The second-order valence-corrected chi connectivity index (χ2v) is 6.49. The SMILES string of the molecule is CCCCCc1ccc(NC(C)C2CCCCC2)cc1. The Morgan fingerprint density at radius 1 is 1.05 bits per heavy atom. The number of hydrogen-bond donors (Lipinski definition) is 1. The van der Waals surface area contributed by atoms with E-state index in [9.17, 15) is 0 Å². The van der Waals surface area contributed by atoms with Gasteiger partial charge in [0.1, 0.15) is 0 Å². The number of hydrogen-bond acceptors (Lipinski definition) is 1. The highest BCUT2D eigenvalue weighted by Gasteiger charge is 2.19. The van der Waals surface area contributed by atoms with Gasteiger partial charge < -0.3 is 5.32 Å². The molecule has 1 saturated carbocycles. The summed E-state index contributed by atoms with van der Waals surface area (Å²) >= 11 is 0. The number of rotatable bonds is 7. The molecule has 1 N–H and O–H groups in total. The Hall–Kier alpha value is -0.980. The summed E-state index contributed by atoms with van der Waals surface area (Å²) in [7, 11) is 0. The van der Waals surface area contributed by atoms with Crippen molar-refractivity contribution in [3.63, 3.8) is 0 Å². The fourth-order valence-electron chi connectivity index (χ4n) is 3.36. The number of nitrogens with one attached hydrogen (secondary N) is 1. The van der Waals surface area contributed by atoms with Gasteiger partial charge in [-0.2, -0.15) is 0 Å². The lowest BCUT2D eigenvalue weighted by Gasteiger charge is -2.29. The minimum atomic E-state index is 0.612. The van der Waals surface area contributed by atoms with Crippen molar-refractivity contribution in [1.82, 2.24) is 0 Å². The smallest absolute Gasteiger partial charge is 0.0342 e. The van der Waals surface area contributed by atoms with E-state index in [0.717, 1.165) is 5.92 Å². The molecular formula is C19H31N. The van der Waals surface area contributed by atoms with Crippen molar-refractivity contribution in [2.45, 2.75) is 77.7 Å². The van der Waals surface area contributed by atoms with Crippen molar-refractivity contribution in [2.24, 2.45) is 5.92 Å². The van der Waals surface area contributed by atoms with Crippen LogP contribution in [0.1, 0.15) is 70.8 Å². The Labute approximate surface area is 125 Å². The van der Waals surface area contributed by atoms with Crippen LogP contribution >= 0.6 is 0 Å². The zero-order valence-corrected chi connectivity index (χ0v) is 13.3. The first-order valence-electron chi connectivity index (χ1n) is 8.65. The van der Waals surface area contributed by atoms with Gasteiger partial charge in [-0.1, -0.05) is 51.2 Å². The summed E-state index contributed by atoms with van der Waals surface area (Å²) in [6, 6.07) is 9.74. The average molecular weight is 273 g/mol. The van der Waals surface area contributed by atoms with Gasteiger partial charge in [0.25, 0.3) is 0 Å². The average Bonchev–Trinajstić information content (AvgIpc) is 2.50. The molecule has 0 saturated heterocycles. The van der Waals surface area contributed by atoms with Crippen molar-refractivity contribution < 1.29 is 0 Å². The van der Waals surface area contributed by atoms with E-state index in [1.54, 1.807) is 0 Å². The highest BCUT2D eigenvalue weighted by molar-refractivity contribution is 5.45. The Kier molecular flexibility index (Phi) is 6.42. The zero-order valence-electron chi connectivity index (χ0n) is 13.3. The van der Waals surface area contributed by atoms with E-state index in [4.69, 9.17) is 0 Å². The summed E-state index contributed by atoms with van der Waals surface area (Å²) < 4.78 is 0. The van der Waals surface area contributed by atoms with Crippen molar-refractivity contribution >= 4 is 5.69 Å². The number of benzene rings is 1. The second kappa shape index (κ2) is 8.34. The van der Waals surface area contributed by atoms with E-state index in [-0.39, 0.29) is 0 Å². The molecule has 1 unspecified atom stereocenters. The van der Waals surface area contributed by atoms with Crippen LogP contribution in [0.3, 0.4) is 0 Å². The predicted molar refractivity (Wildman–Crippen MR) is 89.3 cm³/mol. The molecule has 1 aliphatic carbocycles. The lowest BCUT2D eigenvalue weighted by Crippen LogP contribution is -2.27. The molecule has 0 amide bonds. The number of aryl methyl sites for hydroxylation is 1. The van der Waals surface area contributed by atoms with Crippen molar-refractivity contribution in [3.8, 4) is 0 Å².